The Bertz CT molecular complexity index is 379. The Morgan fingerprint density at radius 1 is 1.29 bits per heavy atom. The van der Waals surface area contributed by atoms with Gasteiger partial charge in [0, 0.05) is 12.5 Å². The van der Waals surface area contributed by atoms with Gasteiger partial charge in [-0.25, -0.2) is 0 Å². The molecule has 1 aliphatic heterocycles. The summed E-state index contributed by atoms with van der Waals surface area (Å²) in [5.74, 6) is 1.28. The molecule has 1 aromatic rings. The van der Waals surface area contributed by atoms with Crippen LogP contribution < -0.4 is 0 Å². The zero-order valence-corrected chi connectivity index (χ0v) is 10.3. The summed E-state index contributed by atoms with van der Waals surface area (Å²) in [6.07, 6.45) is 2.12. The topological polar surface area (TPSA) is 29.5 Å². The van der Waals surface area contributed by atoms with E-state index in [2.05, 4.69) is 24.3 Å². The van der Waals surface area contributed by atoms with Gasteiger partial charge in [0.2, 0.25) is 0 Å². The molecule has 1 saturated heterocycles. The van der Waals surface area contributed by atoms with Crippen LogP contribution in [0.25, 0.3) is 0 Å². The standard InChI is InChI=1S/C15H20O2/c1-15(16,12-7-8-17-10-12)14-9-13(14)11-5-3-2-4-6-11/h2-6,12-14,16H,7-10H2,1H3. The largest absolute Gasteiger partial charge is 0.389 e. The Balaban J connectivity index is 1.71. The third kappa shape index (κ3) is 2.00. The Labute approximate surface area is 103 Å². The quantitative estimate of drug-likeness (QED) is 0.868. The molecule has 0 radical (unpaired) electrons. The summed E-state index contributed by atoms with van der Waals surface area (Å²) in [6, 6.07) is 10.6. The highest BCUT2D eigenvalue weighted by Crippen LogP contribution is 2.56. The fourth-order valence-electron chi connectivity index (χ4n) is 3.21. The van der Waals surface area contributed by atoms with Crippen molar-refractivity contribution in [2.75, 3.05) is 13.2 Å². The highest BCUT2D eigenvalue weighted by molar-refractivity contribution is 5.27. The lowest BCUT2D eigenvalue weighted by Gasteiger charge is -2.29. The number of benzene rings is 1. The van der Waals surface area contributed by atoms with Crippen molar-refractivity contribution in [1.82, 2.24) is 0 Å². The Kier molecular flexibility index (Phi) is 2.72. The van der Waals surface area contributed by atoms with Crippen LogP contribution in [0.3, 0.4) is 0 Å². The highest BCUT2D eigenvalue weighted by Gasteiger charge is 2.53. The van der Waals surface area contributed by atoms with Gasteiger partial charge in [-0.1, -0.05) is 30.3 Å². The van der Waals surface area contributed by atoms with E-state index in [0.29, 0.717) is 17.8 Å². The summed E-state index contributed by atoms with van der Waals surface area (Å²) in [7, 11) is 0. The van der Waals surface area contributed by atoms with Crippen LogP contribution in [-0.4, -0.2) is 23.9 Å². The van der Waals surface area contributed by atoms with E-state index in [4.69, 9.17) is 4.74 Å². The first-order valence-corrected chi connectivity index (χ1v) is 6.54. The number of hydrogen-bond acceptors (Lipinski definition) is 2. The summed E-state index contributed by atoms with van der Waals surface area (Å²) in [6.45, 7) is 3.54. The monoisotopic (exact) mass is 232 g/mol. The molecule has 1 N–H and O–H groups in total. The van der Waals surface area contributed by atoms with Crippen LogP contribution in [0.1, 0.15) is 31.2 Å². The molecule has 17 heavy (non-hydrogen) atoms. The van der Waals surface area contributed by atoms with Gasteiger partial charge >= 0.3 is 0 Å². The van der Waals surface area contributed by atoms with Crippen LogP contribution in [0, 0.1) is 11.8 Å². The van der Waals surface area contributed by atoms with Gasteiger partial charge in [-0.2, -0.15) is 0 Å². The molecule has 0 bridgehead atoms. The van der Waals surface area contributed by atoms with E-state index in [1.807, 2.05) is 13.0 Å². The van der Waals surface area contributed by atoms with Crippen molar-refractivity contribution >= 4 is 0 Å². The fraction of sp³-hybridized carbons (Fsp3) is 0.600. The van der Waals surface area contributed by atoms with Gasteiger partial charge in [-0.15, -0.1) is 0 Å². The van der Waals surface area contributed by atoms with Crippen molar-refractivity contribution in [2.24, 2.45) is 11.8 Å². The van der Waals surface area contributed by atoms with Crippen molar-refractivity contribution in [3.63, 3.8) is 0 Å². The highest BCUT2D eigenvalue weighted by atomic mass is 16.5. The minimum absolute atomic E-state index is 0.321. The van der Waals surface area contributed by atoms with Crippen molar-refractivity contribution in [2.45, 2.75) is 31.3 Å². The van der Waals surface area contributed by atoms with Gasteiger partial charge in [0.1, 0.15) is 0 Å². The Morgan fingerprint density at radius 3 is 2.71 bits per heavy atom. The normalized spacial score (nSPS) is 35.5. The Hall–Kier alpha value is -0.860. The van der Waals surface area contributed by atoms with E-state index < -0.39 is 5.60 Å². The maximum absolute atomic E-state index is 10.7. The first-order valence-electron chi connectivity index (χ1n) is 6.54. The molecule has 2 aliphatic rings. The number of hydrogen-bond donors (Lipinski definition) is 1. The third-order valence-electron chi connectivity index (χ3n) is 4.53. The Morgan fingerprint density at radius 2 is 2.06 bits per heavy atom. The van der Waals surface area contributed by atoms with E-state index in [0.717, 1.165) is 26.1 Å². The minimum Gasteiger partial charge on any atom is -0.389 e. The molecule has 92 valence electrons. The minimum atomic E-state index is -0.559. The number of ether oxygens (including phenoxy) is 1. The van der Waals surface area contributed by atoms with Crippen LogP contribution in [0.4, 0.5) is 0 Å². The molecule has 1 aromatic carbocycles. The van der Waals surface area contributed by atoms with Gasteiger partial charge in [-0.05, 0) is 37.2 Å². The van der Waals surface area contributed by atoms with Crippen molar-refractivity contribution in [3.05, 3.63) is 35.9 Å². The van der Waals surface area contributed by atoms with Gasteiger partial charge in [0.25, 0.3) is 0 Å². The van der Waals surface area contributed by atoms with E-state index in [9.17, 15) is 5.11 Å². The van der Waals surface area contributed by atoms with Crippen LogP contribution >= 0.6 is 0 Å². The molecule has 0 spiro atoms. The van der Waals surface area contributed by atoms with Crippen molar-refractivity contribution < 1.29 is 9.84 Å². The van der Waals surface area contributed by atoms with E-state index >= 15 is 0 Å². The predicted molar refractivity (Wildman–Crippen MR) is 66.8 cm³/mol. The molecule has 1 aliphatic carbocycles. The van der Waals surface area contributed by atoms with Gasteiger partial charge in [0.15, 0.2) is 0 Å². The van der Waals surface area contributed by atoms with Crippen LogP contribution in [0.2, 0.25) is 0 Å². The summed E-state index contributed by atoms with van der Waals surface area (Å²) in [4.78, 5) is 0. The smallest absolute Gasteiger partial charge is 0.0704 e. The van der Waals surface area contributed by atoms with Crippen molar-refractivity contribution in [1.29, 1.82) is 0 Å². The summed E-state index contributed by atoms with van der Waals surface area (Å²) >= 11 is 0. The van der Waals surface area contributed by atoms with E-state index in [-0.39, 0.29) is 0 Å². The molecule has 1 heterocycles. The second-order valence-electron chi connectivity index (χ2n) is 5.65. The van der Waals surface area contributed by atoms with Gasteiger partial charge in [0.05, 0.1) is 12.2 Å². The average Bonchev–Trinajstić information content (AvgIpc) is 2.97. The molecule has 2 heteroatoms. The summed E-state index contributed by atoms with van der Waals surface area (Å²) in [5, 5.41) is 10.7. The fourth-order valence-corrected chi connectivity index (χ4v) is 3.21. The van der Waals surface area contributed by atoms with Crippen molar-refractivity contribution in [3.8, 4) is 0 Å². The zero-order chi connectivity index (χ0) is 11.9. The molecule has 4 atom stereocenters. The van der Waals surface area contributed by atoms with Crippen LogP contribution in [-0.2, 0) is 4.74 Å². The lowest BCUT2D eigenvalue weighted by Crippen LogP contribution is -2.37. The predicted octanol–water partition coefficient (Wildman–Crippen LogP) is 2.58. The second-order valence-corrected chi connectivity index (χ2v) is 5.65. The molecule has 4 unspecified atom stereocenters. The van der Waals surface area contributed by atoms with Crippen LogP contribution in [0.5, 0.6) is 0 Å². The van der Waals surface area contributed by atoms with Gasteiger partial charge in [-0.3, -0.25) is 0 Å². The van der Waals surface area contributed by atoms with Gasteiger partial charge < -0.3 is 9.84 Å². The molecular formula is C15H20O2. The summed E-state index contributed by atoms with van der Waals surface area (Å²) < 4.78 is 5.40. The molecule has 1 saturated carbocycles. The number of aliphatic hydroxyl groups is 1. The summed E-state index contributed by atoms with van der Waals surface area (Å²) in [5.41, 5.74) is 0.813. The molecule has 2 nitrogen and oxygen atoms in total. The first-order chi connectivity index (χ1) is 8.19. The average molecular weight is 232 g/mol. The zero-order valence-electron chi connectivity index (χ0n) is 10.3. The van der Waals surface area contributed by atoms with Crippen LogP contribution in [0.15, 0.2) is 30.3 Å². The maximum atomic E-state index is 10.7. The van der Waals surface area contributed by atoms with E-state index in [1.165, 1.54) is 5.56 Å². The molecule has 2 fully saturated rings. The first kappa shape index (κ1) is 11.2. The lowest BCUT2D eigenvalue weighted by atomic mass is 9.83. The third-order valence-corrected chi connectivity index (χ3v) is 4.53. The molecular weight excluding hydrogens is 212 g/mol. The number of rotatable bonds is 3. The molecule has 3 rings (SSSR count). The molecule has 0 amide bonds. The lowest BCUT2D eigenvalue weighted by molar-refractivity contribution is -0.0263. The van der Waals surface area contributed by atoms with E-state index in [1.54, 1.807) is 0 Å². The maximum Gasteiger partial charge on any atom is 0.0704 e. The SMILES string of the molecule is CC(O)(C1CCOC1)C1CC1c1ccccc1. The molecule has 0 aromatic heterocycles. The second kappa shape index (κ2) is 4.11.